The molecule has 0 bridgehead atoms. The second kappa shape index (κ2) is 6.61. The van der Waals surface area contributed by atoms with Crippen molar-refractivity contribution < 1.29 is 0 Å². The van der Waals surface area contributed by atoms with Crippen LogP contribution in [0.3, 0.4) is 0 Å². The van der Waals surface area contributed by atoms with Crippen molar-refractivity contribution in [1.29, 1.82) is 0 Å². The summed E-state index contributed by atoms with van der Waals surface area (Å²) in [6.07, 6.45) is 0. The fourth-order valence-corrected chi connectivity index (χ4v) is 6.69. The Morgan fingerprint density at radius 2 is 1.03 bits per heavy atom. The average molecular weight is 446 g/mol. The van der Waals surface area contributed by atoms with Gasteiger partial charge in [0.25, 0.3) is 0 Å². The zero-order chi connectivity index (χ0) is 23.1. The van der Waals surface area contributed by atoms with E-state index in [1.807, 2.05) is 0 Å². The Morgan fingerprint density at radius 1 is 0.486 bits per heavy atom. The van der Waals surface area contributed by atoms with Gasteiger partial charge in [0.1, 0.15) is 0 Å². The second-order valence-corrected chi connectivity index (χ2v) is 9.89. The Kier molecular flexibility index (Phi) is 3.59. The van der Waals surface area contributed by atoms with Gasteiger partial charge in [-0.3, -0.25) is 0 Å². The Labute approximate surface area is 204 Å². The third-order valence-electron chi connectivity index (χ3n) is 8.12. The smallest absolute Gasteiger partial charge is 0.0754 e. The van der Waals surface area contributed by atoms with E-state index in [-0.39, 0.29) is 5.41 Å². The van der Waals surface area contributed by atoms with Crippen molar-refractivity contribution in [2.24, 2.45) is 0 Å². The molecule has 0 amide bonds. The van der Waals surface area contributed by atoms with Crippen molar-refractivity contribution >= 4 is 32.9 Å². The third-order valence-corrected chi connectivity index (χ3v) is 8.12. The van der Waals surface area contributed by atoms with E-state index in [0.29, 0.717) is 0 Å². The summed E-state index contributed by atoms with van der Waals surface area (Å²) < 4.78 is 0. The number of hydrogen-bond acceptors (Lipinski definition) is 1. The summed E-state index contributed by atoms with van der Waals surface area (Å²) in [6, 6.07) is 42.8. The van der Waals surface area contributed by atoms with Crippen molar-refractivity contribution in [2.45, 2.75) is 12.3 Å². The largest absolute Gasteiger partial charge is 0.354 e. The van der Waals surface area contributed by atoms with Crippen LogP contribution in [0.5, 0.6) is 0 Å². The molecule has 1 aliphatic heterocycles. The first-order valence-electron chi connectivity index (χ1n) is 12.3. The molecule has 8 rings (SSSR count). The van der Waals surface area contributed by atoms with Crippen LogP contribution in [0.4, 0.5) is 11.4 Å². The minimum absolute atomic E-state index is 0.371. The van der Waals surface area contributed by atoms with Crippen LogP contribution in [0.2, 0.25) is 0 Å². The highest BCUT2D eigenvalue weighted by molar-refractivity contribution is 6.08. The Balaban J connectivity index is 1.63. The van der Waals surface area contributed by atoms with Crippen LogP contribution in [-0.2, 0) is 5.41 Å². The normalized spacial score (nSPS) is 14.3. The van der Waals surface area contributed by atoms with Crippen molar-refractivity contribution in [3.63, 3.8) is 0 Å². The lowest BCUT2D eigenvalue weighted by molar-refractivity contribution is 0.766. The summed E-state index contributed by atoms with van der Waals surface area (Å²) >= 11 is 0. The number of aryl methyl sites for hydroxylation is 1. The summed E-state index contributed by atoms with van der Waals surface area (Å²) in [5, 5.41) is 9.00. The van der Waals surface area contributed by atoms with Gasteiger partial charge in [0.2, 0.25) is 0 Å². The molecule has 2 aliphatic rings. The number of anilines is 2. The molecule has 1 nitrogen and oxygen atoms in total. The Morgan fingerprint density at radius 3 is 1.71 bits per heavy atom. The van der Waals surface area contributed by atoms with E-state index in [2.05, 4.69) is 128 Å². The van der Waals surface area contributed by atoms with Crippen molar-refractivity contribution in [3.8, 4) is 11.1 Å². The first kappa shape index (κ1) is 19.0. The van der Waals surface area contributed by atoms with Crippen molar-refractivity contribution in [2.75, 3.05) is 5.32 Å². The van der Waals surface area contributed by atoms with Gasteiger partial charge in [-0.05, 0) is 51.1 Å². The molecule has 0 fully saturated rings. The first-order valence-corrected chi connectivity index (χ1v) is 12.3. The fourth-order valence-electron chi connectivity index (χ4n) is 6.69. The standard InChI is InChI=1S/C34H23N/c1-21-14-17-29-27(20-21)26-12-6-7-13-28(26)34(29)30-18-15-22-8-2-4-10-24(22)32(30)35-33-25-11-5-3-9-23(25)16-19-31(33)34/h2-20,35H,1H3. The van der Waals surface area contributed by atoms with E-state index in [4.69, 9.17) is 0 Å². The lowest BCUT2D eigenvalue weighted by atomic mass is 9.64. The molecule has 1 heterocycles. The van der Waals surface area contributed by atoms with Crippen molar-refractivity contribution in [3.05, 3.63) is 143 Å². The van der Waals surface area contributed by atoms with Crippen LogP contribution in [0.25, 0.3) is 32.7 Å². The molecule has 0 saturated carbocycles. The molecule has 0 radical (unpaired) electrons. The summed E-state index contributed by atoms with van der Waals surface area (Å²) in [7, 11) is 0. The van der Waals surface area contributed by atoms with Crippen LogP contribution in [0, 0.1) is 6.92 Å². The average Bonchev–Trinajstić information content (AvgIpc) is 3.19. The lowest BCUT2D eigenvalue weighted by Gasteiger charge is -2.41. The molecule has 6 aromatic rings. The molecule has 164 valence electrons. The molecule has 1 aliphatic carbocycles. The summed E-state index contributed by atoms with van der Waals surface area (Å²) in [5.41, 5.74) is 11.4. The van der Waals surface area contributed by atoms with E-state index in [1.54, 1.807) is 0 Å². The molecule has 1 heteroatoms. The van der Waals surface area contributed by atoms with E-state index in [0.717, 1.165) is 0 Å². The first-order chi connectivity index (χ1) is 17.3. The van der Waals surface area contributed by atoms with Gasteiger partial charge in [0.05, 0.1) is 16.8 Å². The SMILES string of the molecule is Cc1ccc2c(c1)-c1ccccc1C21c2ccc3ccccc3c2Nc2c1ccc1ccccc21. The zero-order valence-electron chi connectivity index (χ0n) is 19.5. The molecular formula is C34H23N. The number of hydrogen-bond donors (Lipinski definition) is 1. The highest BCUT2D eigenvalue weighted by Gasteiger charge is 2.50. The molecule has 6 aromatic carbocycles. The molecular weight excluding hydrogens is 422 g/mol. The zero-order valence-corrected chi connectivity index (χ0v) is 19.5. The molecule has 1 N–H and O–H groups in total. The van der Waals surface area contributed by atoms with Gasteiger partial charge in [0, 0.05) is 10.8 Å². The quantitative estimate of drug-likeness (QED) is 0.246. The summed E-state index contributed by atoms with van der Waals surface area (Å²) in [5.74, 6) is 0. The van der Waals surface area contributed by atoms with Gasteiger partial charge in [-0.25, -0.2) is 0 Å². The predicted octanol–water partition coefficient (Wildman–Crippen LogP) is 8.72. The van der Waals surface area contributed by atoms with Gasteiger partial charge in [-0.1, -0.05) is 121 Å². The molecule has 0 saturated heterocycles. The molecule has 0 unspecified atom stereocenters. The van der Waals surface area contributed by atoms with Gasteiger partial charge < -0.3 is 5.32 Å². The third kappa shape index (κ3) is 2.28. The number of rotatable bonds is 0. The lowest BCUT2D eigenvalue weighted by Crippen LogP contribution is -2.33. The van der Waals surface area contributed by atoms with Gasteiger partial charge in [-0.2, -0.15) is 0 Å². The number of fused-ring (bicyclic) bond motifs is 13. The number of nitrogens with one attached hydrogen (secondary N) is 1. The maximum absolute atomic E-state index is 3.95. The predicted molar refractivity (Wildman–Crippen MR) is 147 cm³/mol. The summed E-state index contributed by atoms with van der Waals surface area (Å²) in [6.45, 7) is 2.19. The maximum Gasteiger partial charge on any atom is 0.0754 e. The van der Waals surface area contributed by atoms with E-state index in [1.165, 1.54) is 71.9 Å². The van der Waals surface area contributed by atoms with E-state index < -0.39 is 0 Å². The Hall–Kier alpha value is -4.36. The molecule has 35 heavy (non-hydrogen) atoms. The Bertz CT molecular complexity index is 1760. The maximum atomic E-state index is 3.95. The highest BCUT2D eigenvalue weighted by atomic mass is 14.9. The number of benzene rings is 6. The van der Waals surface area contributed by atoms with Crippen molar-refractivity contribution in [1.82, 2.24) is 0 Å². The van der Waals surface area contributed by atoms with Crippen LogP contribution in [-0.4, -0.2) is 0 Å². The molecule has 0 atom stereocenters. The van der Waals surface area contributed by atoms with Gasteiger partial charge in [0.15, 0.2) is 0 Å². The van der Waals surface area contributed by atoms with E-state index >= 15 is 0 Å². The van der Waals surface area contributed by atoms with E-state index in [9.17, 15) is 0 Å². The minimum Gasteiger partial charge on any atom is -0.354 e. The highest BCUT2D eigenvalue weighted by Crippen LogP contribution is 2.62. The molecule has 1 spiro atoms. The summed E-state index contributed by atoms with van der Waals surface area (Å²) in [4.78, 5) is 0. The van der Waals surface area contributed by atoms with Crippen LogP contribution in [0.15, 0.2) is 115 Å². The van der Waals surface area contributed by atoms with Crippen LogP contribution < -0.4 is 5.32 Å². The van der Waals surface area contributed by atoms with Gasteiger partial charge in [-0.15, -0.1) is 0 Å². The topological polar surface area (TPSA) is 12.0 Å². The van der Waals surface area contributed by atoms with Crippen LogP contribution in [0.1, 0.15) is 27.8 Å². The second-order valence-electron chi connectivity index (χ2n) is 9.89. The molecule has 0 aromatic heterocycles. The fraction of sp³-hybridized carbons (Fsp3) is 0.0588. The minimum atomic E-state index is -0.371. The monoisotopic (exact) mass is 445 g/mol. The van der Waals surface area contributed by atoms with Gasteiger partial charge >= 0.3 is 0 Å². The van der Waals surface area contributed by atoms with Crippen LogP contribution >= 0.6 is 0 Å².